The number of amidine groups is 1. The SMILES string of the molecule is Cl.N=C(N)c1ccc(OCC2CCCO2)cc1. The monoisotopic (exact) mass is 256 g/mol. The van der Waals surface area contributed by atoms with E-state index in [1.54, 1.807) is 12.1 Å². The van der Waals surface area contributed by atoms with Crippen molar-refractivity contribution in [1.29, 1.82) is 5.41 Å². The predicted octanol–water partition coefficient (Wildman–Crippen LogP) is 1.95. The molecule has 0 saturated carbocycles. The van der Waals surface area contributed by atoms with Crippen LogP contribution in [0.1, 0.15) is 18.4 Å². The van der Waals surface area contributed by atoms with Gasteiger partial charge in [-0.25, -0.2) is 0 Å². The summed E-state index contributed by atoms with van der Waals surface area (Å²) in [6.07, 6.45) is 2.43. The normalized spacial score (nSPS) is 18.5. The van der Waals surface area contributed by atoms with Crippen LogP contribution in [0.15, 0.2) is 24.3 Å². The Bertz CT molecular complexity index is 361. The van der Waals surface area contributed by atoms with Crippen LogP contribution >= 0.6 is 12.4 Å². The van der Waals surface area contributed by atoms with Gasteiger partial charge < -0.3 is 15.2 Å². The van der Waals surface area contributed by atoms with Crippen LogP contribution in [-0.2, 0) is 4.74 Å². The van der Waals surface area contributed by atoms with Crippen LogP contribution in [0.4, 0.5) is 0 Å². The van der Waals surface area contributed by atoms with E-state index in [1.807, 2.05) is 12.1 Å². The Balaban J connectivity index is 0.00000144. The number of hydrogen-bond acceptors (Lipinski definition) is 3. The van der Waals surface area contributed by atoms with E-state index in [-0.39, 0.29) is 24.3 Å². The fraction of sp³-hybridized carbons (Fsp3) is 0.417. The first-order valence-corrected chi connectivity index (χ1v) is 5.44. The molecule has 1 fully saturated rings. The molecule has 2 rings (SSSR count). The number of benzene rings is 1. The summed E-state index contributed by atoms with van der Waals surface area (Å²) >= 11 is 0. The van der Waals surface area contributed by atoms with Gasteiger partial charge in [-0.1, -0.05) is 0 Å². The summed E-state index contributed by atoms with van der Waals surface area (Å²) in [5.74, 6) is 0.867. The van der Waals surface area contributed by atoms with Gasteiger partial charge in [-0.3, -0.25) is 5.41 Å². The molecule has 1 heterocycles. The Labute approximate surface area is 107 Å². The highest BCUT2D eigenvalue weighted by Gasteiger charge is 2.15. The van der Waals surface area contributed by atoms with Crippen LogP contribution < -0.4 is 10.5 Å². The van der Waals surface area contributed by atoms with Crippen LogP contribution in [0.5, 0.6) is 5.75 Å². The molecular formula is C12H17ClN2O2. The molecule has 94 valence electrons. The van der Waals surface area contributed by atoms with Crippen molar-refractivity contribution in [3.05, 3.63) is 29.8 Å². The molecule has 1 aromatic rings. The summed E-state index contributed by atoms with van der Waals surface area (Å²) in [6, 6.07) is 7.22. The van der Waals surface area contributed by atoms with Crippen LogP contribution in [0.25, 0.3) is 0 Å². The molecule has 5 heteroatoms. The van der Waals surface area contributed by atoms with Crippen molar-refractivity contribution in [2.24, 2.45) is 5.73 Å². The highest BCUT2D eigenvalue weighted by molar-refractivity contribution is 5.94. The molecule has 3 N–H and O–H groups in total. The van der Waals surface area contributed by atoms with Gasteiger partial charge in [-0.15, -0.1) is 12.4 Å². The quantitative estimate of drug-likeness (QED) is 0.639. The molecule has 1 saturated heterocycles. The highest BCUT2D eigenvalue weighted by Crippen LogP contribution is 2.16. The fourth-order valence-electron chi connectivity index (χ4n) is 1.70. The molecule has 0 aliphatic carbocycles. The van der Waals surface area contributed by atoms with E-state index >= 15 is 0 Å². The Kier molecular flexibility index (Phi) is 5.25. The van der Waals surface area contributed by atoms with Crippen molar-refractivity contribution >= 4 is 18.2 Å². The van der Waals surface area contributed by atoms with Gasteiger partial charge in [0.05, 0.1) is 6.10 Å². The lowest BCUT2D eigenvalue weighted by Crippen LogP contribution is -2.16. The van der Waals surface area contributed by atoms with Gasteiger partial charge in [0.2, 0.25) is 0 Å². The van der Waals surface area contributed by atoms with Gasteiger partial charge in [0.15, 0.2) is 0 Å². The van der Waals surface area contributed by atoms with Crippen molar-refractivity contribution < 1.29 is 9.47 Å². The largest absolute Gasteiger partial charge is 0.491 e. The summed E-state index contributed by atoms with van der Waals surface area (Å²) in [5.41, 5.74) is 6.07. The van der Waals surface area contributed by atoms with E-state index in [1.165, 1.54) is 0 Å². The van der Waals surface area contributed by atoms with E-state index < -0.39 is 0 Å². The van der Waals surface area contributed by atoms with Crippen LogP contribution in [0.2, 0.25) is 0 Å². The maximum atomic E-state index is 7.26. The molecule has 0 amide bonds. The summed E-state index contributed by atoms with van der Waals surface area (Å²) in [6.45, 7) is 1.44. The number of hydrogen-bond donors (Lipinski definition) is 2. The third-order valence-corrected chi connectivity index (χ3v) is 2.63. The first-order valence-electron chi connectivity index (χ1n) is 5.44. The standard InChI is InChI=1S/C12H16N2O2.ClH/c13-12(14)9-3-5-10(6-4-9)16-8-11-2-1-7-15-11;/h3-6,11H,1-2,7-8H2,(H3,13,14);1H. The predicted molar refractivity (Wildman–Crippen MR) is 69.2 cm³/mol. The molecule has 0 spiro atoms. The maximum absolute atomic E-state index is 7.26. The van der Waals surface area contributed by atoms with Gasteiger partial charge >= 0.3 is 0 Å². The summed E-state index contributed by atoms with van der Waals surface area (Å²) in [4.78, 5) is 0. The lowest BCUT2D eigenvalue weighted by Gasteiger charge is -2.11. The zero-order chi connectivity index (χ0) is 11.4. The van der Waals surface area contributed by atoms with Crippen LogP contribution in [0, 0.1) is 5.41 Å². The first kappa shape index (κ1) is 13.8. The second-order valence-corrected chi connectivity index (χ2v) is 3.88. The van der Waals surface area contributed by atoms with E-state index in [0.29, 0.717) is 12.2 Å². The number of nitrogen functional groups attached to an aromatic ring is 1. The minimum Gasteiger partial charge on any atom is -0.491 e. The smallest absolute Gasteiger partial charge is 0.122 e. The molecule has 0 radical (unpaired) electrons. The zero-order valence-corrected chi connectivity index (χ0v) is 10.3. The number of rotatable bonds is 4. The summed E-state index contributed by atoms with van der Waals surface area (Å²) in [5, 5.41) is 7.26. The van der Waals surface area contributed by atoms with Gasteiger partial charge in [-0.2, -0.15) is 0 Å². The maximum Gasteiger partial charge on any atom is 0.122 e. The van der Waals surface area contributed by atoms with Crippen molar-refractivity contribution in [2.75, 3.05) is 13.2 Å². The number of halogens is 1. The molecule has 1 aliphatic rings. The number of ether oxygens (including phenoxy) is 2. The fourth-order valence-corrected chi connectivity index (χ4v) is 1.70. The molecule has 1 aromatic carbocycles. The second-order valence-electron chi connectivity index (χ2n) is 3.88. The minimum absolute atomic E-state index is 0. The molecule has 0 bridgehead atoms. The third kappa shape index (κ3) is 3.91. The zero-order valence-electron chi connectivity index (χ0n) is 9.52. The average Bonchev–Trinajstić information content (AvgIpc) is 2.80. The van der Waals surface area contributed by atoms with E-state index in [9.17, 15) is 0 Å². The number of nitrogens with two attached hydrogens (primary N) is 1. The van der Waals surface area contributed by atoms with E-state index in [0.717, 1.165) is 25.2 Å². The lowest BCUT2D eigenvalue weighted by atomic mass is 10.2. The van der Waals surface area contributed by atoms with Crippen molar-refractivity contribution in [3.63, 3.8) is 0 Å². The average molecular weight is 257 g/mol. The molecule has 1 atom stereocenters. The topological polar surface area (TPSA) is 68.3 Å². The lowest BCUT2D eigenvalue weighted by molar-refractivity contribution is 0.0679. The van der Waals surface area contributed by atoms with Crippen LogP contribution in [0.3, 0.4) is 0 Å². The molecule has 1 unspecified atom stereocenters. The van der Waals surface area contributed by atoms with Crippen molar-refractivity contribution in [3.8, 4) is 5.75 Å². The Hall–Kier alpha value is -1.26. The van der Waals surface area contributed by atoms with E-state index in [4.69, 9.17) is 20.6 Å². The first-order chi connectivity index (χ1) is 7.75. The Morgan fingerprint density at radius 1 is 1.41 bits per heavy atom. The minimum atomic E-state index is 0. The molecule has 17 heavy (non-hydrogen) atoms. The molecular weight excluding hydrogens is 240 g/mol. The van der Waals surface area contributed by atoms with Gasteiger partial charge in [-0.05, 0) is 37.1 Å². The highest BCUT2D eigenvalue weighted by atomic mass is 35.5. The third-order valence-electron chi connectivity index (χ3n) is 2.63. The Morgan fingerprint density at radius 3 is 2.65 bits per heavy atom. The van der Waals surface area contributed by atoms with Crippen molar-refractivity contribution in [1.82, 2.24) is 0 Å². The molecule has 1 aliphatic heterocycles. The number of nitrogens with one attached hydrogen (secondary N) is 1. The van der Waals surface area contributed by atoms with Gasteiger partial charge in [0.1, 0.15) is 18.2 Å². The Morgan fingerprint density at radius 2 is 2.12 bits per heavy atom. The van der Waals surface area contributed by atoms with E-state index in [2.05, 4.69) is 0 Å². The molecule has 4 nitrogen and oxygen atoms in total. The molecule has 0 aromatic heterocycles. The van der Waals surface area contributed by atoms with Gasteiger partial charge in [0, 0.05) is 12.2 Å². The summed E-state index contributed by atoms with van der Waals surface area (Å²) < 4.78 is 11.0. The van der Waals surface area contributed by atoms with Crippen LogP contribution in [-0.4, -0.2) is 25.2 Å². The van der Waals surface area contributed by atoms with Crippen molar-refractivity contribution in [2.45, 2.75) is 18.9 Å². The van der Waals surface area contributed by atoms with Gasteiger partial charge in [0.25, 0.3) is 0 Å². The second kappa shape index (κ2) is 6.47. The summed E-state index contributed by atoms with van der Waals surface area (Å²) in [7, 11) is 0.